The van der Waals surface area contributed by atoms with E-state index >= 15 is 0 Å². The average Bonchev–Trinajstić information content (AvgIpc) is 2.76. The van der Waals surface area contributed by atoms with Gasteiger partial charge < -0.3 is 20.1 Å². The van der Waals surface area contributed by atoms with Crippen molar-refractivity contribution in [1.82, 2.24) is 10.2 Å². The van der Waals surface area contributed by atoms with E-state index in [1.54, 1.807) is 7.11 Å². The number of methoxy groups -OCH3 is 1. The molecule has 3 rings (SSSR count). The Morgan fingerprint density at radius 2 is 2.16 bits per heavy atom. The van der Waals surface area contributed by atoms with Gasteiger partial charge in [-0.15, -0.1) is 0 Å². The van der Waals surface area contributed by atoms with Crippen LogP contribution in [-0.4, -0.2) is 80.1 Å². The minimum absolute atomic E-state index is 0.0351. The number of carbonyl (C=O) groups is 1. The van der Waals surface area contributed by atoms with E-state index in [4.69, 9.17) is 14.7 Å². The number of aliphatic hydroxyl groups excluding tert-OH is 1. The van der Waals surface area contributed by atoms with E-state index < -0.39 is 0 Å². The normalized spacial score (nSPS) is 24.3. The summed E-state index contributed by atoms with van der Waals surface area (Å²) >= 11 is 0. The number of benzene rings is 1. The monoisotopic (exact) mass is 443 g/mol. The fourth-order valence-electron chi connectivity index (χ4n) is 4.43. The number of anilines is 1. The molecule has 0 spiro atoms. The molecule has 1 amide bonds. The molecule has 0 radical (unpaired) electrons. The van der Waals surface area contributed by atoms with Gasteiger partial charge in [-0.1, -0.05) is 19.4 Å². The lowest BCUT2D eigenvalue weighted by Crippen LogP contribution is -2.48. The van der Waals surface area contributed by atoms with E-state index in [0.717, 1.165) is 48.1 Å². The number of amidine groups is 2. The maximum Gasteiger partial charge on any atom is 0.241 e. The average molecular weight is 444 g/mol. The lowest BCUT2D eigenvalue weighted by molar-refractivity contribution is -0.120. The lowest BCUT2D eigenvalue weighted by Gasteiger charge is -2.33. The quantitative estimate of drug-likeness (QED) is 0.642. The number of likely N-dealkylation sites (N-methyl/N-ethyl adjacent to an activating group) is 1. The van der Waals surface area contributed by atoms with Crippen LogP contribution in [0.2, 0.25) is 0 Å². The molecule has 8 heteroatoms. The summed E-state index contributed by atoms with van der Waals surface area (Å²) in [7, 11) is 3.63. The van der Waals surface area contributed by atoms with E-state index in [2.05, 4.69) is 19.2 Å². The Morgan fingerprint density at radius 1 is 1.38 bits per heavy atom. The van der Waals surface area contributed by atoms with Crippen LogP contribution in [0.1, 0.15) is 39.2 Å². The van der Waals surface area contributed by atoms with Gasteiger partial charge in [0.05, 0.1) is 38.2 Å². The molecule has 3 atom stereocenters. The van der Waals surface area contributed by atoms with E-state index in [9.17, 15) is 9.90 Å². The second kappa shape index (κ2) is 10.9. The van der Waals surface area contributed by atoms with Gasteiger partial charge in [-0.3, -0.25) is 19.7 Å². The summed E-state index contributed by atoms with van der Waals surface area (Å²) in [6, 6.07) is 5.94. The third kappa shape index (κ3) is 5.66. The summed E-state index contributed by atoms with van der Waals surface area (Å²) in [5.41, 5.74) is 1.92. The zero-order chi connectivity index (χ0) is 23.3. The molecule has 1 aromatic carbocycles. The van der Waals surface area contributed by atoms with E-state index in [0.29, 0.717) is 19.5 Å². The van der Waals surface area contributed by atoms with E-state index in [1.165, 1.54) is 0 Å². The molecule has 2 aliphatic rings. The molecule has 176 valence electrons. The first-order valence-corrected chi connectivity index (χ1v) is 11.5. The number of aliphatic imine (C=N–C) groups is 2. The van der Waals surface area contributed by atoms with Crippen molar-refractivity contribution in [3.63, 3.8) is 0 Å². The summed E-state index contributed by atoms with van der Waals surface area (Å²) in [4.78, 5) is 25.9. The van der Waals surface area contributed by atoms with Crippen molar-refractivity contribution in [2.24, 2.45) is 15.9 Å². The van der Waals surface area contributed by atoms with Crippen molar-refractivity contribution in [2.45, 2.75) is 52.1 Å². The predicted molar refractivity (Wildman–Crippen MR) is 129 cm³/mol. The molecular weight excluding hydrogens is 406 g/mol. The summed E-state index contributed by atoms with van der Waals surface area (Å²) in [5, 5.41) is 13.1. The Kier molecular flexibility index (Phi) is 8.26. The van der Waals surface area contributed by atoms with Crippen LogP contribution >= 0.6 is 0 Å². The molecule has 1 saturated heterocycles. The summed E-state index contributed by atoms with van der Waals surface area (Å²) < 4.78 is 5.72. The number of amides is 1. The Balaban J connectivity index is 1.86. The maximum absolute atomic E-state index is 12.5. The van der Waals surface area contributed by atoms with Gasteiger partial charge in [0.15, 0.2) is 0 Å². The number of carbonyl (C=O) groups excluding carboxylic acids is 1. The molecule has 8 nitrogen and oxygen atoms in total. The van der Waals surface area contributed by atoms with Crippen LogP contribution in [-0.2, 0) is 11.2 Å². The number of piperazine rings is 1. The number of nitrogens with one attached hydrogen (secondary N) is 1. The Hall–Kier alpha value is -2.45. The van der Waals surface area contributed by atoms with Gasteiger partial charge in [-0.05, 0) is 45.4 Å². The summed E-state index contributed by atoms with van der Waals surface area (Å²) in [6.07, 6.45) is 2.51. The fraction of sp³-hybridized carbons (Fsp3) is 0.625. The Bertz CT molecular complexity index is 869. The van der Waals surface area contributed by atoms with Crippen LogP contribution in [0.3, 0.4) is 0 Å². The van der Waals surface area contributed by atoms with Gasteiger partial charge in [-0.2, -0.15) is 0 Å². The van der Waals surface area contributed by atoms with Crippen molar-refractivity contribution in [3.8, 4) is 5.75 Å². The molecule has 2 aliphatic heterocycles. The van der Waals surface area contributed by atoms with Gasteiger partial charge in [0.25, 0.3) is 0 Å². The summed E-state index contributed by atoms with van der Waals surface area (Å²) in [6.45, 7) is 8.12. The standard InChI is InChI=1S/C24H37N5O3/c1-6-7-19(15-30)27-24-21(16(2)25-17(3)26-24)12-18-8-9-20(13-22(18)32-5)29-11-10-28(4)14-23(29)31/h8-9,13,16,19,21,30H,6-7,10-12,14-15H2,1-5H3,(H,25,26,27). The molecular formula is C24H37N5O3. The van der Waals surface area contributed by atoms with Crippen LogP contribution in [0.5, 0.6) is 5.75 Å². The first-order chi connectivity index (χ1) is 15.4. The SMILES string of the molecule is CCCC(CO)N=C1NC(C)=NC(C)C1Cc1ccc(N2CCN(C)CC2=O)cc1OC. The first-order valence-electron chi connectivity index (χ1n) is 11.5. The van der Waals surface area contributed by atoms with Crippen LogP contribution < -0.4 is 15.0 Å². The van der Waals surface area contributed by atoms with Gasteiger partial charge in [-0.25, -0.2) is 0 Å². The van der Waals surface area contributed by atoms with E-state index in [-0.39, 0.29) is 30.5 Å². The molecule has 2 N–H and O–H groups in total. The molecule has 1 aromatic rings. The zero-order valence-corrected chi connectivity index (χ0v) is 20.0. The molecule has 2 heterocycles. The van der Waals surface area contributed by atoms with Gasteiger partial charge in [0, 0.05) is 30.8 Å². The molecule has 0 saturated carbocycles. The van der Waals surface area contributed by atoms with Gasteiger partial charge in [0.2, 0.25) is 5.91 Å². The molecule has 0 aliphatic carbocycles. The zero-order valence-electron chi connectivity index (χ0n) is 20.0. The largest absolute Gasteiger partial charge is 0.496 e. The second-order valence-corrected chi connectivity index (χ2v) is 8.81. The van der Waals surface area contributed by atoms with Crippen molar-refractivity contribution in [1.29, 1.82) is 0 Å². The Labute approximate surface area is 191 Å². The molecule has 1 fully saturated rings. The van der Waals surface area contributed by atoms with Gasteiger partial charge >= 0.3 is 0 Å². The lowest BCUT2D eigenvalue weighted by atomic mass is 9.90. The van der Waals surface area contributed by atoms with Gasteiger partial charge in [0.1, 0.15) is 11.6 Å². The molecule has 3 unspecified atom stereocenters. The summed E-state index contributed by atoms with van der Waals surface area (Å²) in [5.74, 6) is 2.63. The second-order valence-electron chi connectivity index (χ2n) is 8.81. The van der Waals surface area contributed by atoms with Crippen LogP contribution in [0.4, 0.5) is 5.69 Å². The number of hydrogen-bond acceptors (Lipinski definition) is 6. The number of nitrogens with zero attached hydrogens (tertiary/aromatic N) is 4. The highest BCUT2D eigenvalue weighted by Crippen LogP contribution is 2.30. The van der Waals surface area contributed by atoms with Crippen LogP contribution in [0.25, 0.3) is 0 Å². The third-order valence-corrected chi connectivity index (χ3v) is 6.23. The number of ether oxygens (including phenoxy) is 1. The van der Waals surface area contributed by atoms with Crippen molar-refractivity contribution in [3.05, 3.63) is 23.8 Å². The number of hydrogen-bond donors (Lipinski definition) is 2. The van der Waals surface area contributed by atoms with Crippen LogP contribution in [0.15, 0.2) is 28.2 Å². The highest BCUT2D eigenvalue weighted by atomic mass is 16.5. The number of rotatable bonds is 8. The molecule has 32 heavy (non-hydrogen) atoms. The molecule has 0 aromatic heterocycles. The van der Waals surface area contributed by atoms with E-state index in [1.807, 2.05) is 42.0 Å². The topological polar surface area (TPSA) is 89.8 Å². The minimum Gasteiger partial charge on any atom is -0.496 e. The highest BCUT2D eigenvalue weighted by Gasteiger charge is 2.30. The maximum atomic E-state index is 12.5. The highest BCUT2D eigenvalue weighted by molar-refractivity contribution is 6.03. The molecule has 0 bridgehead atoms. The smallest absolute Gasteiger partial charge is 0.241 e. The van der Waals surface area contributed by atoms with Crippen molar-refractivity contribution >= 4 is 23.3 Å². The van der Waals surface area contributed by atoms with Crippen molar-refractivity contribution < 1.29 is 14.6 Å². The Morgan fingerprint density at radius 3 is 2.81 bits per heavy atom. The van der Waals surface area contributed by atoms with Crippen molar-refractivity contribution in [2.75, 3.05) is 45.3 Å². The number of aliphatic hydroxyl groups is 1. The first kappa shape index (κ1) is 24.2. The van der Waals surface area contributed by atoms with Crippen LogP contribution in [0, 0.1) is 5.92 Å². The minimum atomic E-state index is -0.115. The fourth-order valence-corrected chi connectivity index (χ4v) is 4.43. The predicted octanol–water partition coefficient (Wildman–Crippen LogP) is 2.10. The third-order valence-electron chi connectivity index (χ3n) is 6.23.